The Hall–Kier alpha value is -2.30. The second kappa shape index (κ2) is 5.85. The molecule has 0 unspecified atom stereocenters. The molecule has 0 bridgehead atoms. The Bertz CT molecular complexity index is 1040. The predicted molar refractivity (Wildman–Crippen MR) is 87.8 cm³/mol. The van der Waals surface area contributed by atoms with Crippen molar-refractivity contribution in [1.29, 1.82) is 0 Å². The quantitative estimate of drug-likeness (QED) is 0.568. The number of alkyl halides is 6. The van der Waals surface area contributed by atoms with Crippen LogP contribution in [0.15, 0.2) is 18.2 Å². The number of amides is 1. The molecule has 146 valence electrons. The summed E-state index contributed by atoms with van der Waals surface area (Å²) in [5.41, 5.74) is -2.36. The first kappa shape index (κ1) is 19.5. The molecule has 11 heteroatoms. The zero-order valence-corrected chi connectivity index (χ0v) is 15.0. The lowest BCUT2D eigenvalue weighted by molar-refractivity contribution is -0.162. The molecule has 3 rings (SSSR count). The highest BCUT2D eigenvalue weighted by Crippen LogP contribution is 2.45. The van der Waals surface area contributed by atoms with Crippen LogP contribution in [0.5, 0.6) is 0 Å². The van der Waals surface area contributed by atoms with Crippen LogP contribution in [-0.2, 0) is 12.4 Å². The van der Waals surface area contributed by atoms with Crippen molar-refractivity contribution < 1.29 is 31.1 Å². The van der Waals surface area contributed by atoms with Crippen LogP contribution in [0.3, 0.4) is 0 Å². The van der Waals surface area contributed by atoms with Gasteiger partial charge in [-0.1, -0.05) is 11.3 Å². The molecular weight excluding hydrogens is 396 g/mol. The fraction of sp³-hybridized carbons (Fsp3) is 0.375. The van der Waals surface area contributed by atoms with Gasteiger partial charge in [-0.2, -0.15) is 26.3 Å². The van der Waals surface area contributed by atoms with Gasteiger partial charge in [0.15, 0.2) is 10.7 Å². The van der Waals surface area contributed by atoms with Crippen LogP contribution in [0, 0.1) is 0 Å². The van der Waals surface area contributed by atoms with Crippen LogP contribution in [0.1, 0.15) is 41.7 Å². The summed E-state index contributed by atoms with van der Waals surface area (Å²) in [5, 5.41) is 2.69. The van der Waals surface area contributed by atoms with Gasteiger partial charge in [-0.05, 0) is 39.0 Å². The summed E-state index contributed by atoms with van der Waals surface area (Å²) in [6, 6.07) is 3.67. The van der Waals surface area contributed by atoms with Crippen molar-refractivity contribution in [1.82, 2.24) is 14.7 Å². The van der Waals surface area contributed by atoms with Crippen LogP contribution in [0.4, 0.5) is 26.3 Å². The topological polar surface area (TPSA) is 46.4 Å². The number of carbonyl (C=O) groups is 1. The summed E-state index contributed by atoms with van der Waals surface area (Å²) < 4.78 is 79.6. The number of fused-ring (bicyclic) bond motifs is 3. The number of thiazole rings is 1. The molecule has 27 heavy (non-hydrogen) atoms. The third-order valence-corrected chi connectivity index (χ3v) is 4.62. The van der Waals surface area contributed by atoms with Gasteiger partial charge in [-0.15, -0.1) is 0 Å². The first-order valence-electron chi connectivity index (χ1n) is 7.60. The van der Waals surface area contributed by atoms with Crippen LogP contribution in [0.25, 0.3) is 16.0 Å². The first-order valence-corrected chi connectivity index (χ1v) is 8.42. The molecule has 0 saturated heterocycles. The van der Waals surface area contributed by atoms with Crippen molar-refractivity contribution in [3.8, 4) is 0 Å². The number of hydrogen-bond donors (Lipinski definition) is 1. The Morgan fingerprint density at radius 2 is 1.70 bits per heavy atom. The highest BCUT2D eigenvalue weighted by molar-refractivity contribution is 7.17. The Kier molecular flexibility index (Phi) is 4.21. The van der Waals surface area contributed by atoms with Gasteiger partial charge in [0.25, 0.3) is 5.91 Å². The lowest BCUT2D eigenvalue weighted by Gasteiger charge is -2.20. The van der Waals surface area contributed by atoms with E-state index >= 15 is 0 Å². The Balaban J connectivity index is 2.21. The van der Waals surface area contributed by atoms with E-state index in [4.69, 9.17) is 0 Å². The number of benzene rings is 1. The Morgan fingerprint density at radius 1 is 1.07 bits per heavy atom. The summed E-state index contributed by atoms with van der Waals surface area (Å²) in [4.78, 5) is 13.9. The van der Waals surface area contributed by atoms with Crippen LogP contribution in [-0.4, -0.2) is 20.8 Å². The van der Waals surface area contributed by atoms with E-state index in [9.17, 15) is 31.1 Å². The maximum atomic E-state index is 13.3. The second-order valence-electron chi connectivity index (χ2n) is 6.91. The van der Waals surface area contributed by atoms with E-state index in [1.165, 1.54) is 12.1 Å². The summed E-state index contributed by atoms with van der Waals surface area (Å²) in [6.45, 7) is 5.26. The minimum absolute atomic E-state index is 0.00188. The van der Waals surface area contributed by atoms with E-state index < -0.39 is 39.3 Å². The minimum Gasteiger partial charge on any atom is -0.347 e. The van der Waals surface area contributed by atoms with Gasteiger partial charge in [0.2, 0.25) is 0 Å². The van der Waals surface area contributed by atoms with Crippen molar-refractivity contribution in [3.05, 3.63) is 34.3 Å². The van der Waals surface area contributed by atoms with Crippen molar-refractivity contribution in [3.63, 3.8) is 0 Å². The molecular formula is C16H13F6N3OS. The van der Waals surface area contributed by atoms with Gasteiger partial charge in [0.05, 0.1) is 11.0 Å². The number of rotatable bonds is 1. The van der Waals surface area contributed by atoms with E-state index in [1.54, 1.807) is 20.8 Å². The molecule has 1 amide bonds. The van der Waals surface area contributed by atoms with E-state index in [-0.39, 0.29) is 27.9 Å². The van der Waals surface area contributed by atoms with Crippen LogP contribution < -0.4 is 5.32 Å². The summed E-state index contributed by atoms with van der Waals surface area (Å²) in [7, 11) is 0. The zero-order chi connectivity index (χ0) is 20.4. The standard InChI is InChI=1S/C16H13F6N3OS/c1-14(2,3)24-12(26)7-4-5-9-8(6-7)23-13-25(9)10(15(17,18)19)11(27-13)16(20,21)22/h4-6H,1-3H3,(H,24,26). The van der Waals surface area contributed by atoms with E-state index in [1.807, 2.05) is 0 Å². The number of nitrogens with one attached hydrogen (secondary N) is 1. The van der Waals surface area contributed by atoms with Crippen molar-refractivity contribution >= 4 is 33.2 Å². The third kappa shape index (κ3) is 3.60. The lowest BCUT2D eigenvalue weighted by Crippen LogP contribution is -2.40. The highest BCUT2D eigenvalue weighted by atomic mass is 32.1. The molecule has 0 atom stereocenters. The van der Waals surface area contributed by atoms with E-state index in [2.05, 4.69) is 10.3 Å². The smallest absolute Gasteiger partial charge is 0.347 e. The van der Waals surface area contributed by atoms with E-state index in [0.29, 0.717) is 4.40 Å². The molecule has 1 aromatic carbocycles. The average molecular weight is 409 g/mol. The predicted octanol–water partition coefficient (Wildman–Crippen LogP) is 5.11. The van der Waals surface area contributed by atoms with Gasteiger partial charge in [0.1, 0.15) is 4.88 Å². The number of carbonyl (C=O) groups excluding carboxylic acids is 1. The largest absolute Gasteiger partial charge is 0.433 e. The summed E-state index contributed by atoms with van der Waals surface area (Å²) >= 11 is -0.0860. The van der Waals surface area contributed by atoms with Gasteiger partial charge in [0, 0.05) is 11.1 Å². The molecule has 4 nitrogen and oxygen atoms in total. The molecule has 0 radical (unpaired) electrons. The van der Waals surface area contributed by atoms with Crippen molar-refractivity contribution in [2.45, 2.75) is 38.7 Å². The molecule has 2 heterocycles. The molecule has 2 aromatic heterocycles. The van der Waals surface area contributed by atoms with Crippen LogP contribution >= 0.6 is 11.3 Å². The number of halogens is 6. The number of aromatic nitrogens is 2. The summed E-state index contributed by atoms with van der Waals surface area (Å²) in [6.07, 6.45) is -10.4. The fourth-order valence-corrected chi connectivity index (χ4v) is 3.61. The number of nitrogens with zero attached hydrogens (tertiary/aromatic N) is 2. The maximum Gasteiger partial charge on any atom is 0.433 e. The van der Waals surface area contributed by atoms with Crippen molar-refractivity contribution in [2.75, 3.05) is 0 Å². The number of imidazole rings is 1. The molecule has 1 N–H and O–H groups in total. The van der Waals surface area contributed by atoms with Gasteiger partial charge in [-0.25, -0.2) is 4.98 Å². The monoisotopic (exact) mass is 409 g/mol. The Labute approximate surface area is 152 Å². The van der Waals surface area contributed by atoms with E-state index in [0.717, 1.165) is 6.07 Å². The fourth-order valence-electron chi connectivity index (χ4n) is 2.59. The third-order valence-electron chi connectivity index (χ3n) is 3.53. The Morgan fingerprint density at radius 3 is 2.22 bits per heavy atom. The normalized spacial score (nSPS) is 13.5. The first-order chi connectivity index (χ1) is 12.2. The zero-order valence-electron chi connectivity index (χ0n) is 14.2. The molecule has 0 saturated carbocycles. The number of hydrogen-bond acceptors (Lipinski definition) is 3. The minimum atomic E-state index is -5.22. The highest BCUT2D eigenvalue weighted by Gasteiger charge is 2.48. The molecule has 3 aromatic rings. The molecule has 0 spiro atoms. The molecule has 0 aliphatic rings. The van der Waals surface area contributed by atoms with Crippen LogP contribution in [0.2, 0.25) is 0 Å². The molecule has 0 fully saturated rings. The SMILES string of the molecule is CC(C)(C)NC(=O)c1ccc2c(c1)nc1sc(C(F)(F)F)c(C(F)(F)F)n12. The second-order valence-corrected chi connectivity index (χ2v) is 7.89. The van der Waals surface area contributed by atoms with Crippen molar-refractivity contribution in [2.24, 2.45) is 0 Å². The maximum absolute atomic E-state index is 13.3. The van der Waals surface area contributed by atoms with Gasteiger partial charge >= 0.3 is 12.4 Å². The lowest BCUT2D eigenvalue weighted by atomic mass is 10.1. The molecule has 0 aliphatic heterocycles. The summed E-state index contributed by atoms with van der Waals surface area (Å²) in [5.74, 6) is -0.465. The molecule has 0 aliphatic carbocycles. The van der Waals surface area contributed by atoms with Gasteiger partial charge in [-0.3, -0.25) is 9.20 Å². The average Bonchev–Trinajstić information content (AvgIpc) is 2.98. The van der Waals surface area contributed by atoms with Gasteiger partial charge < -0.3 is 5.32 Å².